The smallest absolute Gasteiger partial charge is 0.257 e. The molecule has 1 aromatic rings. The molecule has 2 N–H and O–H groups in total. The second-order valence-corrected chi connectivity index (χ2v) is 6.94. The highest BCUT2D eigenvalue weighted by atomic mass is 32.2. The number of H-pyrrole nitrogens is 1. The molecular weight excluding hydrogens is 242 g/mol. The summed E-state index contributed by atoms with van der Waals surface area (Å²) in [4.78, 5) is 0. The minimum atomic E-state index is -3.67. The van der Waals surface area contributed by atoms with Crippen molar-refractivity contribution in [1.29, 1.82) is 0 Å². The summed E-state index contributed by atoms with van der Waals surface area (Å²) in [6.45, 7) is -0.153. The number of sulfonamides is 1. The van der Waals surface area contributed by atoms with Gasteiger partial charge in [-0.15, -0.1) is 0 Å². The van der Waals surface area contributed by atoms with Crippen molar-refractivity contribution in [2.45, 2.75) is 5.03 Å². The fourth-order valence-corrected chi connectivity index (χ4v) is 2.37. The monoisotopic (exact) mass is 253 g/mol. The van der Waals surface area contributed by atoms with Gasteiger partial charge in [0.2, 0.25) is 0 Å². The lowest BCUT2D eigenvalue weighted by Crippen LogP contribution is -2.29. The van der Waals surface area contributed by atoms with E-state index < -0.39 is 19.9 Å². The maximum Gasteiger partial charge on any atom is 0.257 e. The van der Waals surface area contributed by atoms with Crippen molar-refractivity contribution in [2.24, 2.45) is 0 Å². The molecule has 9 heteroatoms. The van der Waals surface area contributed by atoms with Crippen molar-refractivity contribution in [3.63, 3.8) is 0 Å². The van der Waals surface area contributed by atoms with Gasteiger partial charge >= 0.3 is 0 Å². The van der Waals surface area contributed by atoms with Crippen LogP contribution >= 0.6 is 0 Å². The molecule has 0 aromatic carbocycles. The Bertz CT molecular complexity index is 503. The first-order valence-electron chi connectivity index (χ1n) is 3.98. The molecular formula is C6H11N3O4S2. The largest absolute Gasteiger partial charge is 0.266 e. The van der Waals surface area contributed by atoms with Crippen LogP contribution in [0.15, 0.2) is 17.3 Å². The van der Waals surface area contributed by atoms with E-state index in [9.17, 15) is 16.8 Å². The third-order valence-electron chi connectivity index (χ3n) is 1.53. The van der Waals surface area contributed by atoms with Gasteiger partial charge in [-0.05, 0) is 6.07 Å². The van der Waals surface area contributed by atoms with E-state index in [-0.39, 0.29) is 17.3 Å². The van der Waals surface area contributed by atoms with E-state index in [0.29, 0.717) is 0 Å². The fraction of sp³-hybridized carbons (Fsp3) is 0.500. The Hall–Kier alpha value is -0.930. The summed E-state index contributed by atoms with van der Waals surface area (Å²) in [5.41, 5.74) is 0. The van der Waals surface area contributed by atoms with Gasteiger partial charge in [-0.2, -0.15) is 5.10 Å². The molecule has 0 aliphatic heterocycles. The Labute approximate surface area is 87.9 Å². The summed E-state index contributed by atoms with van der Waals surface area (Å²) in [6, 6.07) is 1.28. The Kier molecular flexibility index (Phi) is 3.47. The first-order chi connectivity index (χ1) is 6.81. The molecule has 0 unspecified atom stereocenters. The van der Waals surface area contributed by atoms with Gasteiger partial charge in [-0.25, -0.2) is 21.6 Å². The minimum Gasteiger partial charge on any atom is -0.266 e. The Morgan fingerprint density at radius 1 is 1.40 bits per heavy atom. The van der Waals surface area contributed by atoms with Crippen LogP contribution in [-0.2, 0) is 19.9 Å². The second-order valence-electron chi connectivity index (χ2n) is 2.95. The highest BCUT2D eigenvalue weighted by Gasteiger charge is 2.15. The van der Waals surface area contributed by atoms with Gasteiger partial charge in [0.25, 0.3) is 10.0 Å². The van der Waals surface area contributed by atoms with Gasteiger partial charge in [0, 0.05) is 12.8 Å². The predicted octanol–water partition coefficient (Wildman–Crippen LogP) is -1.27. The lowest BCUT2D eigenvalue weighted by atomic mass is 10.8. The molecule has 0 fully saturated rings. The lowest BCUT2D eigenvalue weighted by Gasteiger charge is -2.02. The number of sulfone groups is 1. The fourth-order valence-electron chi connectivity index (χ4n) is 0.832. The zero-order valence-electron chi connectivity index (χ0n) is 7.97. The zero-order valence-corrected chi connectivity index (χ0v) is 9.60. The summed E-state index contributed by atoms with van der Waals surface area (Å²) in [5.74, 6) is -0.236. The predicted molar refractivity (Wildman–Crippen MR) is 53.5 cm³/mol. The van der Waals surface area contributed by atoms with E-state index in [1.54, 1.807) is 0 Å². The van der Waals surface area contributed by atoms with Crippen LogP contribution in [0, 0.1) is 0 Å². The van der Waals surface area contributed by atoms with Crippen molar-refractivity contribution in [3.8, 4) is 0 Å². The molecule has 1 heterocycles. The van der Waals surface area contributed by atoms with Crippen molar-refractivity contribution in [1.82, 2.24) is 14.9 Å². The van der Waals surface area contributed by atoms with Crippen LogP contribution in [0.4, 0.5) is 0 Å². The molecule has 1 aromatic heterocycles. The van der Waals surface area contributed by atoms with Gasteiger partial charge in [-0.3, -0.25) is 5.10 Å². The van der Waals surface area contributed by atoms with E-state index in [1.165, 1.54) is 12.3 Å². The van der Waals surface area contributed by atoms with Crippen LogP contribution in [0.25, 0.3) is 0 Å². The number of nitrogens with zero attached hydrogens (tertiary/aromatic N) is 1. The summed E-state index contributed by atoms with van der Waals surface area (Å²) < 4.78 is 46.4. The molecule has 0 aliphatic rings. The third-order valence-corrected chi connectivity index (χ3v) is 3.87. The minimum absolute atomic E-state index is 0.0870. The van der Waals surface area contributed by atoms with Crippen LogP contribution < -0.4 is 4.72 Å². The van der Waals surface area contributed by atoms with E-state index in [1.807, 2.05) is 0 Å². The van der Waals surface area contributed by atoms with Gasteiger partial charge < -0.3 is 0 Å². The van der Waals surface area contributed by atoms with Crippen LogP contribution in [0.1, 0.15) is 0 Å². The highest BCUT2D eigenvalue weighted by Crippen LogP contribution is 2.01. The van der Waals surface area contributed by atoms with Crippen LogP contribution in [-0.4, -0.2) is 45.6 Å². The van der Waals surface area contributed by atoms with Crippen LogP contribution in [0.3, 0.4) is 0 Å². The molecule has 0 radical (unpaired) electrons. The van der Waals surface area contributed by atoms with E-state index in [4.69, 9.17) is 0 Å². The number of nitrogens with one attached hydrogen (secondary N) is 2. The first-order valence-corrected chi connectivity index (χ1v) is 7.52. The molecule has 86 valence electrons. The number of aromatic nitrogens is 2. The van der Waals surface area contributed by atoms with Crippen molar-refractivity contribution in [2.75, 3.05) is 18.6 Å². The SMILES string of the molecule is CS(=O)(=O)CCNS(=O)(=O)c1ccn[nH]1. The molecule has 15 heavy (non-hydrogen) atoms. The molecule has 0 aliphatic carbocycles. The molecule has 1 rings (SSSR count). The lowest BCUT2D eigenvalue weighted by molar-refractivity contribution is 0.578. The molecule has 0 amide bonds. The summed E-state index contributed by atoms with van der Waals surface area (Å²) in [5, 5.41) is 5.67. The van der Waals surface area contributed by atoms with Crippen LogP contribution in [0.5, 0.6) is 0 Å². The van der Waals surface area contributed by atoms with Crippen molar-refractivity contribution >= 4 is 19.9 Å². The number of hydrogen-bond acceptors (Lipinski definition) is 5. The molecule has 0 saturated heterocycles. The maximum absolute atomic E-state index is 11.4. The Morgan fingerprint density at radius 2 is 2.07 bits per heavy atom. The highest BCUT2D eigenvalue weighted by molar-refractivity contribution is 7.91. The topological polar surface area (TPSA) is 109 Å². The average molecular weight is 253 g/mol. The average Bonchev–Trinajstić information content (AvgIpc) is 2.52. The van der Waals surface area contributed by atoms with Gasteiger partial charge in [0.15, 0.2) is 5.03 Å². The number of rotatable bonds is 5. The standard InChI is InChI=1S/C6H11N3O4S2/c1-14(10,11)5-4-8-15(12,13)6-2-3-7-9-6/h2-3,8H,4-5H2,1H3,(H,7,9). The van der Waals surface area contributed by atoms with E-state index in [0.717, 1.165) is 6.26 Å². The Morgan fingerprint density at radius 3 is 2.53 bits per heavy atom. The van der Waals surface area contributed by atoms with Crippen molar-refractivity contribution in [3.05, 3.63) is 12.3 Å². The van der Waals surface area contributed by atoms with E-state index in [2.05, 4.69) is 14.9 Å². The molecule has 0 saturated carbocycles. The molecule has 0 spiro atoms. The van der Waals surface area contributed by atoms with Crippen LogP contribution in [0.2, 0.25) is 0 Å². The quantitative estimate of drug-likeness (QED) is 0.680. The maximum atomic E-state index is 11.4. The third kappa shape index (κ3) is 3.98. The zero-order chi connectivity index (χ0) is 11.5. The van der Waals surface area contributed by atoms with Crippen molar-refractivity contribution < 1.29 is 16.8 Å². The molecule has 7 nitrogen and oxygen atoms in total. The van der Waals surface area contributed by atoms with Gasteiger partial charge in [0.1, 0.15) is 9.84 Å². The number of aromatic amines is 1. The summed E-state index contributed by atoms with van der Waals surface area (Å²) in [6.07, 6.45) is 2.34. The summed E-state index contributed by atoms with van der Waals surface area (Å²) in [7, 11) is -6.84. The second kappa shape index (κ2) is 4.29. The van der Waals surface area contributed by atoms with Gasteiger partial charge in [-0.1, -0.05) is 0 Å². The Balaban J connectivity index is 2.60. The normalized spacial score (nSPS) is 12.9. The first kappa shape index (κ1) is 12.1. The summed E-state index contributed by atoms with van der Waals surface area (Å²) >= 11 is 0. The van der Waals surface area contributed by atoms with E-state index >= 15 is 0 Å². The number of hydrogen-bond donors (Lipinski definition) is 2. The molecule has 0 bridgehead atoms. The van der Waals surface area contributed by atoms with Gasteiger partial charge in [0.05, 0.1) is 11.9 Å². The molecule has 0 atom stereocenters.